The molecular weight excluding hydrogens is 352 g/mol. The van der Waals surface area contributed by atoms with E-state index >= 15 is 0 Å². The second kappa shape index (κ2) is 8.93. The first-order chi connectivity index (χ1) is 12.5. The van der Waals surface area contributed by atoms with Crippen LogP contribution < -0.4 is 14.8 Å². The predicted octanol–water partition coefficient (Wildman–Crippen LogP) is 4.60. The summed E-state index contributed by atoms with van der Waals surface area (Å²) in [5.41, 5.74) is 2.05. The van der Waals surface area contributed by atoms with E-state index in [4.69, 9.17) is 21.1 Å². The van der Waals surface area contributed by atoms with Crippen molar-refractivity contribution in [1.82, 2.24) is 0 Å². The summed E-state index contributed by atoms with van der Waals surface area (Å²) in [6.07, 6.45) is 1.50. The molecule has 0 heterocycles. The van der Waals surface area contributed by atoms with Gasteiger partial charge in [0.05, 0.1) is 13.7 Å². The number of amides is 1. The van der Waals surface area contributed by atoms with Crippen molar-refractivity contribution in [3.63, 3.8) is 0 Å². The second-order valence-corrected chi connectivity index (χ2v) is 5.86. The predicted molar refractivity (Wildman–Crippen MR) is 103 cm³/mol. The van der Waals surface area contributed by atoms with Gasteiger partial charge in [-0.1, -0.05) is 17.7 Å². The van der Waals surface area contributed by atoms with Crippen LogP contribution in [0.15, 0.2) is 42.0 Å². The van der Waals surface area contributed by atoms with E-state index in [0.29, 0.717) is 34.4 Å². The van der Waals surface area contributed by atoms with Gasteiger partial charge in [0.1, 0.15) is 11.6 Å². The number of aryl methyl sites for hydroxylation is 1. The van der Waals surface area contributed by atoms with Crippen molar-refractivity contribution in [2.45, 2.75) is 13.8 Å². The lowest BCUT2D eigenvalue weighted by Gasteiger charge is -2.10. The minimum absolute atomic E-state index is 0.0213. The minimum Gasteiger partial charge on any atom is -0.493 e. The average Bonchev–Trinajstić information content (AvgIpc) is 2.62. The summed E-state index contributed by atoms with van der Waals surface area (Å²) in [5.74, 6) is 0.644. The monoisotopic (exact) mass is 370 g/mol. The Kier molecular flexibility index (Phi) is 6.65. The number of anilines is 1. The normalized spacial score (nSPS) is 10.8. The third-order valence-corrected chi connectivity index (χ3v) is 3.84. The van der Waals surface area contributed by atoms with Gasteiger partial charge in [0.25, 0.3) is 5.91 Å². The topological polar surface area (TPSA) is 71.3 Å². The van der Waals surface area contributed by atoms with Crippen molar-refractivity contribution in [1.29, 1.82) is 5.26 Å². The molecule has 6 heteroatoms. The molecule has 2 aromatic carbocycles. The van der Waals surface area contributed by atoms with E-state index in [2.05, 4.69) is 5.32 Å². The lowest BCUT2D eigenvalue weighted by atomic mass is 10.1. The third-order valence-electron chi connectivity index (χ3n) is 3.60. The Morgan fingerprint density at radius 2 is 2.04 bits per heavy atom. The highest BCUT2D eigenvalue weighted by molar-refractivity contribution is 6.30. The van der Waals surface area contributed by atoms with E-state index < -0.39 is 5.91 Å². The summed E-state index contributed by atoms with van der Waals surface area (Å²) in [4.78, 5) is 12.4. The van der Waals surface area contributed by atoms with Crippen molar-refractivity contribution in [2.75, 3.05) is 19.0 Å². The molecule has 0 aliphatic heterocycles. The molecule has 0 saturated carbocycles. The summed E-state index contributed by atoms with van der Waals surface area (Å²) in [5, 5.41) is 12.7. The molecule has 5 nitrogen and oxygen atoms in total. The molecule has 0 atom stereocenters. The number of rotatable bonds is 6. The number of hydrogen-bond acceptors (Lipinski definition) is 4. The fraction of sp³-hybridized carbons (Fsp3) is 0.200. The molecule has 0 fully saturated rings. The van der Waals surface area contributed by atoms with Gasteiger partial charge < -0.3 is 14.8 Å². The lowest BCUT2D eigenvalue weighted by molar-refractivity contribution is -0.112. The standard InChI is InChI=1S/C20H19ClN2O3/c1-4-26-19-11-14(5-8-18(19)25-3)10-15(12-22)20(24)23-17-7-6-16(21)9-13(17)2/h5-11H,4H2,1-3H3,(H,23,24)/b15-10+. The largest absolute Gasteiger partial charge is 0.493 e. The highest BCUT2D eigenvalue weighted by Crippen LogP contribution is 2.29. The van der Waals surface area contributed by atoms with Crippen LogP contribution in [0.3, 0.4) is 0 Å². The molecule has 0 aliphatic carbocycles. The zero-order valence-electron chi connectivity index (χ0n) is 14.8. The molecule has 0 aromatic heterocycles. The number of carbonyl (C=O) groups is 1. The van der Waals surface area contributed by atoms with Gasteiger partial charge in [-0.3, -0.25) is 4.79 Å². The van der Waals surface area contributed by atoms with E-state index in [1.54, 1.807) is 43.5 Å². The number of ether oxygens (including phenoxy) is 2. The van der Waals surface area contributed by atoms with Crippen LogP contribution in [0.25, 0.3) is 6.08 Å². The molecule has 1 N–H and O–H groups in total. The number of halogens is 1. The van der Waals surface area contributed by atoms with Crippen molar-refractivity contribution < 1.29 is 14.3 Å². The van der Waals surface area contributed by atoms with Crippen molar-refractivity contribution in [3.8, 4) is 17.6 Å². The Hall–Kier alpha value is -2.97. The number of carbonyl (C=O) groups excluding carboxylic acids is 1. The van der Waals surface area contributed by atoms with Gasteiger partial charge in [0.2, 0.25) is 0 Å². The number of nitrogens with zero attached hydrogens (tertiary/aromatic N) is 1. The number of nitriles is 1. The molecule has 1 amide bonds. The molecule has 0 radical (unpaired) electrons. The molecule has 26 heavy (non-hydrogen) atoms. The Labute approximate surface area is 157 Å². The zero-order chi connectivity index (χ0) is 19.1. The van der Waals surface area contributed by atoms with Crippen LogP contribution in [0.1, 0.15) is 18.1 Å². The Balaban J connectivity index is 2.28. The average molecular weight is 371 g/mol. The SMILES string of the molecule is CCOc1cc(/C=C(\C#N)C(=O)Nc2ccc(Cl)cc2C)ccc1OC. The number of nitrogens with one attached hydrogen (secondary N) is 1. The summed E-state index contributed by atoms with van der Waals surface area (Å²) in [6, 6.07) is 12.3. The lowest BCUT2D eigenvalue weighted by Crippen LogP contribution is -2.14. The number of benzene rings is 2. The van der Waals surface area contributed by atoms with Gasteiger partial charge in [-0.15, -0.1) is 0 Å². The maximum atomic E-state index is 12.4. The quantitative estimate of drug-likeness (QED) is 0.595. The van der Waals surface area contributed by atoms with Gasteiger partial charge in [0, 0.05) is 10.7 Å². The van der Waals surface area contributed by atoms with Crippen LogP contribution in [0.4, 0.5) is 5.69 Å². The first-order valence-corrected chi connectivity index (χ1v) is 8.36. The van der Waals surface area contributed by atoms with Gasteiger partial charge in [-0.2, -0.15) is 5.26 Å². The van der Waals surface area contributed by atoms with Crippen LogP contribution in [0.5, 0.6) is 11.5 Å². The van der Waals surface area contributed by atoms with E-state index in [0.717, 1.165) is 5.56 Å². The summed E-state index contributed by atoms with van der Waals surface area (Å²) in [6.45, 7) is 4.17. The van der Waals surface area contributed by atoms with Gasteiger partial charge >= 0.3 is 0 Å². The molecule has 2 aromatic rings. The van der Waals surface area contributed by atoms with E-state index in [9.17, 15) is 10.1 Å². The van der Waals surface area contributed by atoms with Crippen LogP contribution in [0, 0.1) is 18.3 Å². The highest BCUT2D eigenvalue weighted by atomic mass is 35.5. The highest BCUT2D eigenvalue weighted by Gasteiger charge is 2.12. The maximum absolute atomic E-state index is 12.4. The van der Waals surface area contributed by atoms with Crippen LogP contribution in [-0.2, 0) is 4.79 Å². The van der Waals surface area contributed by atoms with Crippen LogP contribution in [0.2, 0.25) is 5.02 Å². The van der Waals surface area contributed by atoms with E-state index in [1.807, 2.05) is 19.9 Å². The molecule has 0 saturated heterocycles. The molecule has 2 rings (SSSR count). The number of methoxy groups -OCH3 is 1. The minimum atomic E-state index is -0.494. The molecule has 0 bridgehead atoms. The molecule has 0 aliphatic rings. The van der Waals surface area contributed by atoms with Gasteiger partial charge in [-0.25, -0.2) is 0 Å². The Morgan fingerprint density at radius 3 is 2.65 bits per heavy atom. The Morgan fingerprint density at radius 1 is 1.27 bits per heavy atom. The molecular formula is C20H19ClN2O3. The molecule has 0 spiro atoms. The summed E-state index contributed by atoms with van der Waals surface area (Å²) < 4.78 is 10.7. The van der Waals surface area contributed by atoms with Crippen LogP contribution >= 0.6 is 11.6 Å². The number of hydrogen-bond donors (Lipinski definition) is 1. The van der Waals surface area contributed by atoms with Crippen molar-refractivity contribution in [2.24, 2.45) is 0 Å². The first-order valence-electron chi connectivity index (χ1n) is 7.98. The smallest absolute Gasteiger partial charge is 0.266 e. The fourth-order valence-electron chi connectivity index (χ4n) is 2.32. The summed E-state index contributed by atoms with van der Waals surface area (Å²) >= 11 is 5.92. The van der Waals surface area contributed by atoms with Gasteiger partial charge in [-0.05, 0) is 61.4 Å². The second-order valence-electron chi connectivity index (χ2n) is 5.43. The fourth-order valence-corrected chi connectivity index (χ4v) is 2.55. The van der Waals surface area contributed by atoms with Crippen molar-refractivity contribution >= 4 is 29.3 Å². The molecule has 0 unspecified atom stereocenters. The van der Waals surface area contributed by atoms with Crippen LogP contribution in [-0.4, -0.2) is 19.6 Å². The third kappa shape index (κ3) is 4.78. The molecule has 134 valence electrons. The summed E-state index contributed by atoms with van der Waals surface area (Å²) in [7, 11) is 1.55. The van der Waals surface area contributed by atoms with Crippen molar-refractivity contribution in [3.05, 3.63) is 58.1 Å². The van der Waals surface area contributed by atoms with Gasteiger partial charge in [0.15, 0.2) is 11.5 Å². The van der Waals surface area contributed by atoms with E-state index in [1.165, 1.54) is 6.08 Å². The first kappa shape index (κ1) is 19.4. The Bertz CT molecular complexity index is 885. The maximum Gasteiger partial charge on any atom is 0.266 e. The zero-order valence-corrected chi connectivity index (χ0v) is 15.6. The van der Waals surface area contributed by atoms with E-state index in [-0.39, 0.29) is 5.57 Å².